The maximum absolute atomic E-state index is 12.0. The molecule has 3 unspecified atom stereocenters. The molecule has 0 radical (unpaired) electrons. The summed E-state index contributed by atoms with van der Waals surface area (Å²) >= 11 is 0. The van der Waals surface area contributed by atoms with E-state index in [0.717, 1.165) is 12.2 Å². The maximum atomic E-state index is 12.0. The number of anilines is 1. The Morgan fingerprint density at radius 3 is 2.88 bits per heavy atom. The molecule has 16 heavy (non-hydrogen) atoms. The van der Waals surface area contributed by atoms with E-state index in [0.29, 0.717) is 5.92 Å². The molecule has 1 aromatic rings. The summed E-state index contributed by atoms with van der Waals surface area (Å²) in [6.07, 6.45) is 0. The first-order valence-electron chi connectivity index (χ1n) is 5.71. The molecule has 84 valence electrons. The summed E-state index contributed by atoms with van der Waals surface area (Å²) in [4.78, 5) is 13.9. The first-order valence-corrected chi connectivity index (χ1v) is 5.71. The summed E-state index contributed by atoms with van der Waals surface area (Å²) in [5.41, 5.74) is 2.17. The predicted octanol–water partition coefficient (Wildman–Crippen LogP) is 1.20. The quantitative estimate of drug-likeness (QED) is 0.808. The second-order valence-electron chi connectivity index (χ2n) is 4.82. The number of amides is 1. The van der Waals surface area contributed by atoms with E-state index in [1.807, 2.05) is 36.1 Å². The molecule has 1 saturated carbocycles. The Labute approximate surface area is 94.7 Å². The monoisotopic (exact) mass is 217 g/mol. The van der Waals surface area contributed by atoms with Crippen molar-refractivity contribution in [2.24, 2.45) is 17.8 Å². The molecule has 1 aromatic carbocycles. The van der Waals surface area contributed by atoms with Crippen molar-refractivity contribution in [3.05, 3.63) is 29.8 Å². The van der Waals surface area contributed by atoms with E-state index in [9.17, 15) is 4.79 Å². The summed E-state index contributed by atoms with van der Waals surface area (Å²) in [5.74, 6) is 0.895. The van der Waals surface area contributed by atoms with Gasteiger partial charge in [-0.25, -0.2) is 0 Å². The first kappa shape index (κ1) is 9.85. The van der Waals surface area contributed by atoms with Gasteiger partial charge in [-0.1, -0.05) is 12.1 Å². The van der Waals surface area contributed by atoms with Crippen LogP contribution in [0.25, 0.3) is 0 Å². The number of carbonyl (C=O) groups excluding carboxylic acids is 1. The summed E-state index contributed by atoms with van der Waals surface area (Å²) in [6.45, 7) is 2.96. The molecular weight excluding hydrogens is 202 g/mol. The molecule has 3 heteroatoms. The fourth-order valence-corrected chi connectivity index (χ4v) is 2.82. The normalized spacial score (nSPS) is 31.8. The minimum atomic E-state index is 0.0884. The number of aliphatic hydroxyl groups is 1. The van der Waals surface area contributed by atoms with E-state index in [1.54, 1.807) is 0 Å². The third kappa shape index (κ3) is 1.28. The number of aliphatic hydroxyl groups excluding tert-OH is 1. The van der Waals surface area contributed by atoms with E-state index in [1.165, 1.54) is 5.56 Å². The van der Waals surface area contributed by atoms with Gasteiger partial charge < -0.3 is 10.0 Å². The van der Waals surface area contributed by atoms with Crippen LogP contribution < -0.4 is 4.90 Å². The first-order chi connectivity index (χ1) is 7.72. The molecule has 0 bridgehead atoms. The van der Waals surface area contributed by atoms with Crippen LogP contribution in [-0.2, 0) is 4.79 Å². The molecule has 1 N–H and O–H groups in total. The van der Waals surface area contributed by atoms with Gasteiger partial charge in [0.1, 0.15) is 0 Å². The lowest BCUT2D eigenvalue weighted by Crippen LogP contribution is -2.30. The van der Waals surface area contributed by atoms with E-state index >= 15 is 0 Å². The Morgan fingerprint density at radius 1 is 1.50 bits per heavy atom. The van der Waals surface area contributed by atoms with E-state index in [2.05, 4.69) is 0 Å². The summed E-state index contributed by atoms with van der Waals surface area (Å²) in [7, 11) is 0. The Balaban J connectivity index is 1.82. The van der Waals surface area contributed by atoms with Crippen LogP contribution >= 0.6 is 0 Å². The molecule has 1 heterocycles. The molecule has 3 nitrogen and oxygen atoms in total. The largest absolute Gasteiger partial charge is 0.396 e. The van der Waals surface area contributed by atoms with E-state index in [-0.39, 0.29) is 24.3 Å². The van der Waals surface area contributed by atoms with Crippen LogP contribution in [0.3, 0.4) is 0 Å². The standard InChI is InChI=1S/C13H15NO2/c1-8-3-2-4-9(5-8)14-6-10-11(7-15)12(10)13(14)16/h2-5,10-12,15H,6-7H2,1H3. The van der Waals surface area contributed by atoms with Gasteiger partial charge >= 0.3 is 0 Å². The van der Waals surface area contributed by atoms with Crippen molar-refractivity contribution in [3.63, 3.8) is 0 Å². The van der Waals surface area contributed by atoms with Gasteiger partial charge in [0.2, 0.25) is 5.91 Å². The number of hydrogen-bond donors (Lipinski definition) is 1. The molecule has 3 rings (SSSR count). The number of benzene rings is 1. The van der Waals surface area contributed by atoms with Crippen molar-refractivity contribution >= 4 is 11.6 Å². The topological polar surface area (TPSA) is 40.5 Å². The lowest BCUT2D eigenvalue weighted by atomic mass is 10.2. The molecule has 0 spiro atoms. The third-order valence-corrected chi connectivity index (χ3v) is 3.80. The van der Waals surface area contributed by atoms with Crippen LogP contribution in [0.2, 0.25) is 0 Å². The number of fused-ring (bicyclic) bond motifs is 1. The smallest absolute Gasteiger partial charge is 0.230 e. The van der Waals surface area contributed by atoms with Gasteiger partial charge in [-0.2, -0.15) is 0 Å². The predicted molar refractivity (Wildman–Crippen MR) is 61.1 cm³/mol. The number of carbonyl (C=O) groups is 1. The van der Waals surface area contributed by atoms with Gasteiger partial charge in [-0.05, 0) is 36.5 Å². The van der Waals surface area contributed by atoms with Crippen LogP contribution in [0.15, 0.2) is 24.3 Å². The number of aryl methyl sites for hydroxylation is 1. The van der Waals surface area contributed by atoms with E-state index in [4.69, 9.17) is 5.11 Å². The van der Waals surface area contributed by atoms with Crippen molar-refractivity contribution in [3.8, 4) is 0 Å². The third-order valence-electron chi connectivity index (χ3n) is 3.80. The number of hydrogen-bond acceptors (Lipinski definition) is 2. The van der Waals surface area contributed by atoms with Gasteiger partial charge in [-0.15, -0.1) is 0 Å². The van der Waals surface area contributed by atoms with Crippen molar-refractivity contribution in [2.75, 3.05) is 18.1 Å². The minimum absolute atomic E-state index is 0.0884. The fraction of sp³-hybridized carbons (Fsp3) is 0.462. The zero-order valence-electron chi connectivity index (χ0n) is 9.26. The molecule has 2 fully saturated rings. The zero-order valence-corrected chi connectivity index (χ0v) is 9.26. The Kier molecular flexibility index (Phi) is 2.04. The minimum Gasteiger partial charge on any atom is -0.396 e. The second-order valence-corrected chi connectivity index (χ2v) is 4.82. The summed E-state index contributed by atoms with van der Waals surface area (Å²) < 4.78 is 0. The van der Waals surface area contributed by atoms with Crippen LogP contribution in [-0.4, -0.2) is 24.2 Å². The SMILES string of the molecule is Cc1cccc(N2CC3C(CO)C3C2=O)c1. The average Bonchev–Trinajstić information content (AvgIpc) is 2.88. The van der Waals surface area contributed by atoms with Gasteiger partial charge in [0.15, 0.2) is 0 Å². The molecule has 1 aliphatic carbocycles. The number of nitrogens with zero attached hydrogens (tertiary/aromatic N) is 1. The van der Waals surface area contributed by atoms with Crippen LogP contribution in [0.5, 0.6) is 0 Å². The average molecular weight is 217 g/mol. The maximum Gasteiger partial charge on any atom is 0.230 e. The molecule has 1 aliphatic heterocycles. The van der Waals surface area contributed by atoms with Gasteiger partial charge in [-0.3, -0.25) is 4.79 Å². The summed E-state index contributed by atoms with van der Waals surface area (Å²) in [5, 5.41) is 9.06. The lowest BCUT2D eigenvalue weighted by molar-refractivity contribution is -0.119. The number of piperidine rings is 1. The summed E-state index contributed by atoms with van der Waals surface area (Å²) in [6, 6.07) is 8.02. The zero-order chi connectivity index (χ0) is 11.3. The molecule has 3 atom stereocenters. The van der Waals surface area contributed by atoms with Crippen molar-refractivity contribution in [2.45, 2.75) is 6.92 Å². The molecule has 1 amide bonds. The molecule has 0 aromatic heterocycles. The van der Waals surface area contributed by atoms with Gasteiger partial charge in [0.25, 0.3) is 0 Å². The highest BCUT2D eigenvalue weighted by molar-refractivity contribution is 6.00. The molecular formula is C13H15NO2. The van der Waals surface area contributed by atoms with Gasteiger partial charge in [0, 0.05) is 24.8 Å². The van der Waals surface area contributed by atoms with Crippen molar-refractivity contribution in [1.29, 1.82) is 0 Å². The van der Waals surface area contributed by atoms with Crippen LogP contribution in [0.4, 0.5) is 5.69 Å². The highest BCUT2D eigenvalue weighted by Crippen LogP contribution is 2.52. The van der Waals surface area contributed by atoms with E-state index < -0.39 is 0 Å². The fourth-order valence-electron chi connectivity index (χ4n) is 2.82. The molecule has 2 aliphatic rings. The van der Waals surface area contributed by atoms with Crippen molar-refractivity contribution in [1.82, 2.24) is 0 Å². The lowest BCUT2D eigenvalue weighted by Gasteiger charge is -2.20. The Hall–Kier alpha value is -1.35. The Morgan fingerprint density at radius 2 is 2.31 bits per heavy atom. The highest BCUT2D eigenvalue weighted by Gasteiger charge is 2.61. The van der Waals surface area contributed by atoms with Crippen LogP contribution in [0.1, 0.15) is 5.56 Å². The second kappa shape index (κ2) is 3.32. The number of rotatable bonds is 2. The molecule has 1 saturated heterocycles. The highest BCUT2D eigenvalue weighted by atomic mass is 16.3. The van der Waals surface area contributed by atoms with Gasteiger partial charge in [0.05, 0.1) is 0 Å². The van der Waals surface area contributed by atoms with Crippen LogP contribution in [0, 0.1) is 24.7 Å². The van der Waals surface area contributed by atoms with Crippen molar-refractivity contribution < 1.29 is 9.90 Å². The Bertz CT molecular complexity index is 443.